The third-order valence-corrected chi connectivity index (χ3v) is 5.80. The van der Waals surface area contributed by atoms with Gasteiger partial charge in [0.1, 0.15) is 0 Å². The van der Waals surface area contributed by atoms with Crippen molar-refractivity contribution in [3.63, 3.8) is 0 Å². The summed E-state index contributed by atoms with van der Waals surface area (Å²) in [6, 6.07) is 9.77. The van der Waals surface area contributed by atoms with Gasteiger partial charge >= 0.3 is 0 Å². The molecule has 0 radical (unpaired) electrons. The van der Waals surface area contributed by atoms with E-state index in [0.29, 0.717) is 6.54 Å². The van der Waals surface area contributed by atoms with Crippen molar-refractivity contribution in [3.8, 4) is 0 Å². The highest BCUT2D eigenvalue weighted by atomic mass is 16.2. The van der Waals surface area contributed by atoms with Crippen molar-refractivity contribution in [2.45, 2.75) is 19.4 Å². The Kier molecular flexibility index (Phi) is 3.94. The minimum absolute atomic E-state index is 0.0531. The molecule has 0 unspecified atom stereocenters. The van der Waals surface area contributed by atoms with Crippen molar-refractivity contribution in [2.24, 2.45) is 23.7 Å². The van der Waals surface area contributed by atoms with Gasteiger partial charge in [0.15, 0.2) is 0 Å². The molecule has 1 aromatic rings. The maximum absolute atomic E-state index is 12.6. The molecule has 3 aliphatic rings. The summed E-state index contributed by atoms with van der Waals surface area (Å²) in [4.78, 5) is 40.6. The first-order valence-corrected chi connectivity index (χ1v) is 8.87. The molecule has 3 amide bonds. The highest BCUT2D eigenvalue weighted by molar-refractivity contribution is 6.06. The van der Waals surface area contributed by atoms with E-state index >= 15 is 0 Å². The van der Waals surface area contributed by atoms with Crippen LogP contribution < -0.4 is 0 Å². The lowest BCUT2D eigenvalue weighted by Crippen LogP contribution is -2.37. The van der Waals surface area contributed by atoms with E-state index in [-0.39, 0.29) is 54.4 Å². The molecule has 130 valence electrons. The second-order valence-electron chi connectivity index (χ2n) is 7.31. The number of amides is 3. The van der Waals surface area contributed by atoms with Crippen molar-refractivity contribution in [1.82, 2.24) is 9.80 Å². The van der Waals surface area contributed by atoms with Crippen molar-refractivity contribution >= 4 is 17.7 Å². The van der Waals surface area contributed by atoms with Gasteiger partial charge in [-0.05, 0) is 23.8 Å². The van der Waals surface area contributed by atoms with Crippen LogP contribution in [0, 0.1) is 23.7 Å². The van der Waals surface area contributed by atoms with Gasteiger partial charge in [0.25, 0.3) is 0 Å². The summed E-state index contributed by atoms with van der Waals surface area (Å²) in [6.45, 7) is 0.725. The van der Waals surface area contributed by atoms with Crippen molar-refractivity contribution in [1.29, 1.82) is 0 Å². The molecule has 4 atom stereocenters. The Labute approximate surface area is 147 Å². The summed E-state index contributed by atoms with van der Waals surface area (Å²) in [5.41, 5.74) is 1.06. The number of fused-ring (bicyclic) bond motifs is 5. The standard InChI is InChI=1S/C20H22N2O3/c1-21(12-13-5-3-2-4-6-13)16(23)9-10-22-19(24)17-14-7-8-15(11-14)18(17)20(22)25/h2-8,14-15,17-18H,9-12H2,1H3/t14-,15-,17-,18+/m0/s1. The molecule has 1 aromatic carbocycles. The molecule has 25 heavy (non-hydrogen) atoms. The normalized spacial score (nSPS) is 29.4. The molecular formula is C20H22N2O3. The van der Waals surface area contributed by atoms with Gasteiger partial charge in [0.05, 0.1) is 11.8 Å². The molecule has 1 heterocycles. The zero-order valence-corrected chi connectivity index (χ0v) is 14.3. The predicted octanol–water partition coefficient (Wildman–Crippen LogP) is 1.84. The second-order valence-corrected chi connectivity index (χ2v) is 7.31. The first kappa shape index (κ1) is 16.1. The maximum atomic E-state index is 12.6. The molecule has 0 spiro atoms. The van der Waals surface area contributed by atoms with Gasteiger partial charge in [0.2, 0.25) is 17.7 Å². The number of carbonyl (C=O) groups excluding carboxylic acids is 3. The van der Waals surface area contributed by atoms with Crippen LogP contribution in [0.25, 0.3) is 0 Å². The molecular weight excluding hydrogens is 316 g/mol. The molecule has 2 aliphatic carbocycles. The molecule has 1 saturated heterocycles. The molecule has 0 aromatic heterocycles. The van der Waals surface area contributed by atoms with Crippen molar-refractivity contribution < 1.29 is 14.4 Å². The SMILES string of the molecule is CN(Cc1ccccc1)C(=O)CCN1C(=O)[C@@H]2[C@H](C1=O)[C@H]1C=C[C@H]2C1. The number of benzene rings is 1. The lowest BCUT2D eigenvalue weighted by Gasteiger charge is -2.20. The number of nitrogens with zero attached hydrogens (tertiary/aromatic N) is 2. The minimum Gasteiger partial charge on any atom is -0.341 e. The number of hydrogen-bond donors (Lipinski definition) is 0. The molecule has 1 saturated carbocycles. The first-order chi connectivity index (χ1) is 12.1. The lowest BCUT2D eigenvalue weighted by molar-refractivity contribution is -0.141. The van der Waals surface area contributed by atoms with E-state index in [0.717, 1.165) is 12.0 Å². The summed E-state index contributed by atoms with van der Waals surface area (Å²) >= 11 is 0. The van der Waals surface area contributed by atoms with Crippen LogP contribution >= 0.6 is 0 Å². The van der Waals surface area contributed by atoms with Crippen molar-refractivity contribution in [2.75, 3.05) is 13.6 Å². The van der Waals surface area contributed by atoms with Crippen LogP contribution in [0.15, 0.2) is 42.5 Å². The lowest BCUT2D eigenvalue weighted by atomic mass is 9.85. The predicted molar refractivity (Wildman–Crippen MR) is 92.0 cm³/mol. The van der Waals surface area contributed by atoms with Crippen LogP contribution in [0.1, 0.15) is 18.4 Å². The smallest absolute Gasteiger partial charge is 0.233 e. The Morgan fingerprint density at radius 1 is 1.08 bits per heavy atom. The first-order valence-electron chi connectivity index (χ1n) is 8.87. The van der Waals surface area contributed by atoms with E-state index in [1.807, 2.05) is 30.3 Å². The Morgan fingerprint density at radius 2 is 1.68 bits per heavy atom. The van der Waals surface area contributed by atoms with Crippen LogP contribution in [-0.2, 0) is 20.9 Å². The van der Waals surface area contributed by atoms with Gasteiger partial charge in [-0.15, -0.1) is 0 Å². The summed E-state index contributed by atoms with van der Waals surface area (Å²) in [6.07, 6.45) is 5.28. The minimum atomic E-state index is -0.181. The molecule has 2 fully saturated rings. The molecule has 1 aliphatic heterocycles. The maximum Gasteiger partial charge on any atom is 0.233 e. The van der Waals surface area contributed by atoms with Crippen LogP contribution in [0.3, 0.4) is 0 Å². The van der Waals surface area contributed by atoms with E-state index in [9.17, 15) is 14.4 Å². The zero-order chi connectivity index (χ0) is 17.6. The Morgan fingerprint density at radius 3 is 2.28 bits per heavy atom. The Balaban J connectivity index is 1.35. The van der Waals surface area contributed by atoms with Gasteiger partial charge in [-0.2, -0.15) is 0 Å². The fourth-order valence-corrected chi connectivity index (χ4v) is 4.53. The number of hydrogen-bond acceptors (Lipinski definition) is 3. The molecule has 4 rings (SSSR count). The van der Waals surface area contributed by atoms with Crippen LogP contribution in [0.2, 0.25) is 0 Å². The van der Waals surface area contributed by atoms with Gasteiger partial charge in [-0.25, -0.2) is 0 Å². The van der Waals surface area contributed by atoms with E-state index in [4.69, 9.17) is 0 Å². The Hall–Kier alpha value is -2.43. The third-order valence-electron chi connectivity index (χ3n) is 5.80. The number of carbonyl (C=O) groups is 3. The average Bonchev–Trinajstić information content (AvgIpc) is 3.28. The van der Waals surface area contributed by atoms with E-state index in [1.165, 1.54) is 4.90 Å². The molecule has 5 heteroatoms. The summed E-state index contributed by atoms with van der Waals surface area (Å²) in [7, 11) is 1.75. The van der Waals surface area contributed by atoms with E-state index in [2.05, 4.69) is 12.2 Å². The molecule has 2 bridgehead atoms. The summed E-state index contributed by atoms with van der Waals surface area (Å²) in [5.74, 6) is -0.140. The fraction of sp³-hybridized carbons (Fsp3) is 0.450. The third kappa shape index (κ3) is 2.68. The zero-order valence-electron chi connectivity index (χ0n) is 14.3. The molecule has 5 nitrogen and oxygen atoms in total. The topological polar surface area (TPSA) is 57.7 Å². The van der Waals surface area contributed by atoms with E-state index in [1.54, 1.807) is 11.9 Å². The summed E-state index contributed by atoms with van der Waals surface area (Å²) in [5, 5.41) is 0. The number of likely N-dealkylation sites (tertiary alicyclic amines) is 1. The van der Waals surface area contributed by atoms with Gasteiger partial charge in [0, 0.05) is 26.6 Å². The van der Waals surface area contributed by atoms with Crippen LogP contribution in [-0.4, -0.2) is 41.1 Å². The number of rotatable bonds is 5. The average molecular weight is 338 g/mol. The quantitative estimate of drug-likeness (QED) is 0.608. The monoisotopic (exact) mass is 338 g/mol. The fourth-order valence-electron chi connectivity index (χ4n) is 4.53. The van der Waals surface area contributed by atoms with Crippen molar-refractivity contribution in [3.05, 3.63) is 48.0 Å². The van der Waals surface area contributed by atoms with Crippen LogP contribution in [0.5, 0.6) is 0 Å². The van der Waals surface area contributed by atoms with Gasteiger partial charge in [-0.1, -0.05) is 42.5 Å². The second kappa shape index (κ2) is 6.14. The van der Waals surface area contributed by atoms with E-state index < -0.39 is 0 Å². The number of imide groups is 1. The number of allylic oxidation sites excluding steroid dienone is 2. The molecule has 0 N–H and O–H groups in total. The van der Waals surface area contributed by atoms with Gasteiger partial charge in [-0.3, -0.25) is 19.3 Å². The highest BCUT2D eigenvalue weighted by Gasteiger charge is 2.59. The van der Waals surface area contributed by atoms with Crippen LogP contribution in [0.4, 0.5) is 0 Å². The summed E-state index contributed by atoms with van der Waals surface area (Å²) < 4.78 is 0. The van der Waals surface area contributed by atoms with Gasteiger partial charge < -0.3 is 4.90 Å². The highest BCUT2D eigenvalue weighted by Crippen LogP contribution is 2.52. The Bertz CT molecular complexity index is 713. The largest absolute Gasteiger partial charge is 0.341 e.